The van der Waals surface area contributed by atoms with Crippen molar-refractivity contribution in [2.24, 2.45) is 0 Å². The lowest BCUT2D eigenvalue weighted by atomic mass is 10.1. The SMILES string of the molecule is COc1cccc(OC)c1CNC(=N)Nc1ncccc1C. The van der Waals surface area contributed by atoms with Crippen LogP contribution < -0.4 is 20.1 Å². The first-order valence-electron chi connectivity index (χ1n) is 6.86. The third kappa shape index (κ3) is 3.66. The molecule has 0 saturated carbocycles. The number of pyridine rings is 1. The standard InChI is InChI=1S/C16H20N4O2/c1-11-6-5-9-18-15(11)20-16(17)19-10-12-13(21-2)7-4-8-14(12)22-3/h4-9H,10H2,1-3H3,(H3,17,18,19,20). The van der Waals surface area contributed by atoms with Crippen molar-refractivity contribution in [2.45, 2.75) is 13.5 Å². The maximum atomic E-state index is 7.98. The van der Waals surface area contributed by atoms with Gasteiger partial charge in [-0.05, 0) is 30.7 Å². The molecule has 0 amide bonds. The first-order chi connectivity index (χ1) is 10.7. The summed E-state index contributed by atoms with van der Waals surface area (Å²) in [6.07, 6.45) is 1.69. The fourth-order valence-electron chi connectivity index (χ4n) is 2.06. The largest absolute Gasteiger partial charge is 0.496 e. The minimum atomic E-state index is 0.162. The highest BCUT2D eigenvalue weighted by molar-refractivity contribution is 5.90. The van der Waals surface area contributed by atoms with Gasteiger partial charge in [0.1, 0.15) is 17.3 Å². The van der Waals surface area contributed by atoms with Crippen molar-refractivity contribution in [1.82, 2.24) is 10.3 Å². The zero-order chi connectivity index (χ0) is 15.9. The normalized spacial score (nSPS) is 9.95. The Morgan fingerprint density at radius 2 is 1.82 bits per heavy atom. The van der Waals surface area contributed by atoms with Crippen molar-refractivity contribution in [2.75, 3.05) is 19.5 Å². The van der Waals surface area contributed by atoms with E-state index in [1.807, 2.05) is 37.3 Å². The summed E-state index contributed by atoms with van der Waals surface area (Å²) in [5, 5.41) is 13.9. The zero-order valence-corrected chi connectivity index (χ0v) is 12.9. The minimum absolute atomic E-state index is 0.162. The number of benzene rings is 1. The molecule has 0 unspecified atom stereocenters. The first-order valence-corrected chi connectivity index (χ1v) is 6.86. The summed E-state index contributed by atoms with van der Waals surface area (Å²) in [6, 6.07) is 9.38. The lowest BCUT2D eigenvalue weighted by Gasteiger charge is -2.15. The molecular weight excluding hydrogens is 280 g/mol. The van der Waals surface area contributed by atoms with Crippen LogP contribution in [-0.4, -0.2) is 25.2 Å². The van der Waals surface area contributed by atoms with Crippen molar-refractivity contribution < 1.29 is 9.47 Å². The van der Waals surface area contributed by atoms with E-state index >= 15 is 0 Å². The summed E-state index contributed by atoms with van der Waals surface area (Å²) in [6.45, 7) is 2.34. The molecule has 0 saturated heterocycles. The second kappa shape index (κ2) is 7.31. The third-order valence-corrected chi connectivity index (χ3v) is 3.22. The van der Waals surface area contributed by atoms with Crippen LogP contribution in [0.4, 0.5) is 5.82 Å². The lowest BCUT2D eigenvalue weighted by Crippen LogP contribution is -2.30. The number of rotatable bonds is 5. The quantitative estimate of drug-likeness (QED) is 0.584. The van der Waals surface area contributed by atoms with Gasteiger partial charge in [0.05, 0.1) is 26.3 Å². The van der Waals surface area contributed by atoms with E-state index in [1.54, 1.807) is 20.4 Å². The van der Waals surface area contributed by atoms with E-state index in [1.165, 1.54) is 0 Å². The molecule has 2 aromatic rings. The van der Waals surface area contributed by atoms with Gasteiger partial charge in [-0.25, -0.2) is 4.98 Å². The molecule has 1 aromatic heterocycles. The third-order valence-electron chi connectivity index (χ3n) is 3.22. The molecule has 0 fully saturated rings. The molecule has 0 aliphatic rings. The van der Waals surface area contributed by atoms with Crippen molar-refractivity contribution in [3.8, 4) is 11.5 Å². The van der Waals surface area contributed by atoms with Gasteiger partial charge in [-0.15, -0.1) is 0 Å². The van der Waals surface area contributed by atoms with Gasteiger partial charge in [0.2, 0.25) is 0 Å². The van der Waals surface area contributed by atoms with Crippen molar-refractivity contribution in [3.63, 3.8) is 0 Å². The summed E-state index contributed by atoms with van der Waals surface area (Å²) in [4.78, 5) is 4.20. The monoisotopic (exact) mass is 300 g/mol. The summed E-state index contributed by atoms with van der Waals surface area (Å²) >= 11 is 0. The Bertz CT molecular complexity index is 636. The van der Waals surface area contributed by atoms with E-state index in [4.69, 9.17) is 14.9 Å². The van der Waals surface area contributed by atoms with Crippen LogP contribution in [0.5, 0.6) is 11.5 Å². The molecule has 0 radical (unpaired) electrons. The van der Waals surface area contributed by atoms with E-state index in [9.17, 15) is 0 Å². The van der Waals surface area contributed by atoms with Crippen LogP contribution in [0.25, 0.3) is 0 Å². The van der Waals surface area contributed by atoms with Crippen LogP contribution in [0.2, 0.25) is 0 Å². The number of aromatic nitrogens is 1. The van der Waals surface area contributed by atoms with Crippen LogP contribution in [-0.2, 0) is 6.54 Å². The molecule has 0 aliphatic carbocycles. The number of nitrogens with one attached hydrogen (secondary N) is 3. The van der Waals surface area contributed by atoms with Crippen LogP contribution in [0, 0.1) is 12.3 Å². The van der Waals surface area contributed by atoms with Crippen LogP contribution in [0.3, 0.4) is 0 Å². The molecule has 6 nitrogen and oxygen atoms in total. The number of methoxy groups -OCH3 is 2. The predicted molar refractivity (Wildman–Crippen MR) is 86.7 cm³/mol. The van der Waals surface area contributed by atoms with Crippen LogP contribution in [0.1, 0.15) is 11.1 Å². The highest BCUT2D eigenvalue weighted by atomic mass is 16.5. The molecule has 3 N–H and O–H groups in total. The molecule has 0 atom stereocenters. The van der Waals surface area contributed by atoms with Gasteiger partial charge < -0.3 is 20.1 Å². The van der Waals surface area contributed by atoms with Crippen molar-refractivity contribution in [3.05, 3.63) is 47.7 Å². The molecule has 1 aromatic carbocycles. The smallest absolute Gasteiger partial charge is 0.194 e. The van der Waals surface area contributed by atoms with Gasteiger partial charge in [0.15, 0.2) is 5.96 Å². The molecule has 0 aliphatic heterocycles. The second-order valence-electron chi connectivity index (χ2n) is 4.66. The number of ether oxygens (including phenoxy) is 2. The number of nitrogens with zero attached hydrogens (tertiary/aromatic N) is 1. The van der Waals surface area contributed by atoms with E-state index in [2.05, 4.69) is 15.6 Å². The highest BCUT2D eigenvalue weighted by Crippen LogP contribution is 2.27. The number of guanidine groups is 1. The van der Waals surface area contributed by atoms with E-state index in [-0.39, 0.29) is 5.96 Å². The van der Waals surface area contributed by atoms with Crippen LogP contribution >= 0.6 is 0 Å². The first kappa shape index (κ1) is 15.6. The summed E-state index contributed by atoms with van der Waals surface area (Å²) in [5.74, 6) is 2.25. The predicted octanol–water partition coefficient (Wildman–Crippen LogP) is 2.54. The zero-order valence-electron chi connectivity index (χ0n) is 12.9. The number of anilines is 1. The van der Waals surface area contributed by atoms with Crippen molar-refractivity contribution >= 4 is 11.8 Å². The Balaban J connectivity index is 2.04. The average Bonchev–Trinajstić information content (AvgIpc) is 2.54. The Hall–Kier alpha value is -2.76. The topological polar surface area (TPSA) is 79.3 Å². The van der Waals surface area contributed by atoms with Gasteiger partial charge in [-0.1, -0.05) is 12.1 Å². The maximum absolute atomic E-state index is 7.98. The van der Waals surface area contributed by atoms with E-state index in [0.717, 1.165) is 11.1 Å². The summed E-state index contributed by atoms with van der Waals surface area (Å²) in [5.41, 5.74) is 1.83. The molecular formula is C16H20N4O2. The summed E-state index contributed by atoms with van der Waals surface area (Å²) < 4.78 is 10.7. The molecule has 6 heteroatoms. The van der Waals surface area contributed by atoms with E-state index < -0.39 is 0 Å². The molecule has 0 bridgehead atoms. The fourth-order valence-corrected chi connectivity index (χ4v) is 2.06. The fraction of sp³-hybridized carbons (Fsp3) is 0.250. The summed E-state index contributed by atoms with van der Waals surface area (Å²) in [7, 11) is 3.22. The Labute approximate surface area is 130 Å². The van der Waals surface area contributed by atoms with Gasteiger partial charge in [-0.2, -0.15) is 0 Å². The highest BCUT2D eigenvalue weighted by Gasteiger charge is 2.10. The molecule has 0 spiro atoms. The van der Waals surface area contributed by atoms with E-state index in [0.29, 0.717) is 23.9 Å². The average molecular weight is 300 g/mol. The lowest BCUT2D eigenvalue weighted by molar-refractivity contribution is 0.384. The van der Waals surface area contributed by atoms with Gasteiger partial charge in [0, 0.05) is 6.20 Å². The Kier molecular flexibility index (Phi) is 5.19. The number of aryl methyl sites for hydroxylation is 1. The molecule has 116 valence electrons. The molecule has 2 rings (SSSR count). The number of hydrogen-bond donors (Lipinski definition) is 3. The van der Waals surface area contributed by atoms with Crippen molar-refractivity contribution in [1.29, 1.82) is 5.41 Å². The number of hydrogen-bond acceptors (Lipinski definition) is 4. The molecule has 1 heterocycles. The Morgan fingerprint density at radius 1 is 1.14 bits per heavy atom. The maximum Gasteiger partial charge on any atom is 0.194 e. The second-order valence-corrected chi connectivity index (χ2v) is 4.66. The van der Waals surface area contributed by atoms with Crippen LogP contribution in [0.15, 0.2) is 36.5 Å². The Morgan fingerprint density at radius 3 is 2.41 bits per heavy atom. The van der Waals surface area contributed by atoms with Gasteiger partial charge in [0.25, 0.3) is 0 Å². The van der Waals surface area contributed by atoms with Gasteiger partial charge >= 0.3 is 0 Å². The minimum Gasteiger partial charge on any atom is -0.496 e. The molecule has 22 heavy (non-hydrogen) atoms. The van der Waals surface area contributed by atoms with Gasteiger partial charge in [-0.3, -0.25) is 5.41 Å².